The van der Waals surface area contributed by atoms with Gasteiger partial charge in [-0.3, -0.25) is 0 Å². The zero-order valence-corrected chi connectivity index (χ0v) is 32.6. The van der Waals surface area contributed by atoms with Crippen molar-refractivity contribution >= 4 is 32.7 Å². The van der Waals surface area contributed by atoms with Gasteiger partial charge in [0, 0.05) is 27.5 Å². The summed E-state index contributed by atoms with van der Waals surface area (Å²) in [6, 6.07) is 78.2. The number of furan rings is 1. The summed E-state index contributed by atoms with van der Waals surface area (Å²) in [5.41, 5.74) is 16.0. The molecule has 0 aliphatic heterocycles. The smallest absolute Gasteiger partial charge is 0.160 e. The molecule has 0 N–H and O–H groups in total. The monoisotopic (exact) mass is 764 g/mol. The van der Waals surface area contributed by atoms with Gasteiger partial charge in [-0.1, -0.05) is 182 Å². The lowest BCUT2D eigenvalue weighted by atomic mass is 9.67. The van der Waals surface area contributed by atoms with E-state index in [0.717, 1.165) is 55.4 Å². The average Bonchev–Trinajstić information content (AvgIpc) is 3.85. The summed E-state index contributed by atoms with van der Waals surface area (Å²) in [6.45, 7) is 0. The van der Waals surface area contributed by atoms with Crippen molar-refractivity contribution in [3.8, 4) is 56.2 Å². The van der Waals surface area contributed by atoms with E-state index in [1.54, 1.807) is 0 Å². The van der Waals surface area contributed by atoms with Gasteiger partial charge in [-0.25, -0.2) is 9.97 Å². The van der Waals surface area contributed by atoms with Crippen molar-refractivity contribution in [1.82, 2.24) is 9.97 Å². The Balaban J connectivity index is 1.05. The van der Waals surface area contributed by atoms with Crippen LogP contribution in [0.25, 0.3) is 88.9 Å². The summed E-state index contributed by atoms with van der Waals surface area (Å²) in [5.74, 6) is 0.685. The standard InChI is InChI=1S/C57H36N2O/c1-4-16-37(17-5-1)56-58-52(39-29-33-55-49(34-39)48-25-13-15-27-54(48)60-55)36-53(59-56)47-32-31-42(43-22-10-11-23-44(43)47)38-28-30-46-45-24-12-14-26-50(45)57(51(46)35-38,40-18-6-2-7-19-40)41-20-8-3-9-21-41/h1-36H. The minimum atomic E-state index is -0.475. The molecule has 1 aliphatic rings. The second-order valence-corrected chi connectivity index (χ2v) is 15.6. The Hall–Kier alpha value is -7.88. The Labute approximate surface area is 347 Å². The van der Waals surface area contributed by atoms with Gasteiger partial charge in [0.05, 0.1) is 16.8 Å². The molecule has 0 saturated heterocycles. The first-order chi connectivity index (χ1) is 29.7. The van der Waals surface area contributed by atoms with Crippen molar-refractivity contribution in [2.24, 2.45) is 0 Å². The van der Waals surface area contributed by atoms with Crippen LogP contribution in [-0.2, 0) is 5.41 Å². The van der Waals surface area contributed by atoms with Gasteiger partial charge in [0.2, 0.25) is 0 Å². The van der Waals surface area contributed by atoms with Crippen LogP contribution in [0.4, 0.5) is 0 Å². The van der Waals surface area contributed by atoms with Crippen molar-refractivity contribution in [2.75, 3.05) is 0 Å². The maximum absolute atomic E-state index is 6.19. The maximum atomic E-state index is 6.19. The fourth-order valence-corrected chi connectivity index (χ4v) is 9.72. The molecule has 0 atom stereocenters. The van der Waals surface area contributed by atoms with Gasteiger partial charge in [0.15, 0.2) is 5.82 Å². The Morgan fingerprint density at radius 3 is 1.63 bits per heavy atom. The number of nitrogens with zero attached hydrogens (tertiary/aromatic N) is 2. The number of hydrogen-bond donors (Lipinski definition) is 0. The van der Waals surface area contributed by atoms with E-state index in [1.165, 1.54) is 49.9 Å². The van der Waals surface area contributed by atoms with Gasteiger partial charge in [0.1, 0.15) is 11.2 Å². The molecule has 3 heteroatoms. The van der Waals surface area contributed by atoms with Crippen molar-refractivity contribution < 1.29 is 4.42 Å². The molecule has 1 aliphatic carbocycles. The first kappa shape index (κ1) is 34.2. The number of hydrogen-bond acceptors (Lipinski definition) is 3. The molecule has 2 aromatic heterocycles. The average molecular weight is 765 g/mol. The minimum Gasteiger partial charge on any atom is -0.456 e. The second-order valence-electron chi connectivity index (χ2n) is 15.6. The lowest BCUT2D eigenvalue weighted by molar-refractivity contribution is 0.669. The van der Waals surface area contributed by atoms with E-state index < -0.39 is 5.41 Å². The van der Waals surface area contributed by atoms with Crippen LogP contribution in [0, 0.1) is 0 Å². The molecular formula is C57H36N2O. The predicted octanol–water partition coefficient (Wildman–Crippen LogP) is 14.6. The zero-order valence-electron chi connectivity index (χ0n) is 32.6. The van der Waals surface area contributed by atoms with Gasteiger partial charge in [-0.05, 0) is 91.7 Å². The van der Waals surface area contributed by atoms with Crippen molar-refractivity contribution in [2.45, 2.75) is 5.41 Å². The highest BCUT2D eigenvalue weighted by Crippen LogP contribution is 2.57. The molecular weight excluding hydrogens is 729 g/mol. The number of aromatic nitrogens is 2. The molecule has 2 heterocycles. The number of benzene rings is 9. The SMILES string of the molecule is c1ccc(-c2nc(-c3ccc4oc5ccccc5c4c3)cc(-c3ccc(-c4ccc5c(c4)C(c4ccccc4)(c4ccccc4)c4ccccc4-5)c4ccccc34)n2)cc1. The highest BCUT2D eigenvalue weighted by molar-refractivity contribution is 6.07. The van der Waals surface area contributed by atoms with E-state index in [9.17, 15) is 0 Å². The van der Waals surface area contributed by atoms with Gasteiger partial charge in [-0.15, -0.1) is 0 Å². The number of fused-ring (bicyclic) bond motifs is 7. The molecule has 0 bridgehead atoms. The zero-order chi connectivity index (χ0) is 39.6. The molecule has 11 aromatic rings. The Kier molecular flexibility index (Phi) is 7.76. The third kappa shape index (κ3) is 5.23. The summed E-state index contributed by atoms with van der Waals surface area (Å²) < 4.78 is 6.19. The van der Waals surface area contributed by atoms with Crippen LogP contribution in [0.1, 0.15) is 22.3 Å². The normalized spacial score (nSPS) is 12.8. The molecule has 0 amide bonds. The third-order valence-corrected chi connectivity index (χ3v) is 12.4. The molecule has 12 rings (SSSR count). The molecule has 60 heavy (non-hydrogen) atoms. The van der Waals surface area contributed by atoms with Crippen molar-refractivity contribution in [3.05, 3.63) is 241 Å². The maximum Gasteiger partial charge on any atom is 0.160 e. The largest absolute Gasteiger partial charge is 0.456 e. The van der Waals surface area contributed by atoms with E-state index in [1.807, 2.05) is 30.3 Å². The highest BCUT2D eigenvalue weighted by Gasteiger charge is 2.46. The molecule has 0 unspecified atom stereocenters. The summed E-state index contributed by atoms with van der Waals surface area (Å²) in [5, 5.41) is 4.47. The van der Waals surface area contributed by atoms with Crippen LogP contribution in [0.15, 0.2) is 223 Å². The topological polar surface area (TPSA) is 38.9 Å². The van der Waals surface area contributed by atoms with E-state index in [2.05, 4.69) is 188 Å². The third-order valence-electron chi connectivity index (χ3n) is 12.4. The minimum absolute atomic E-state index is 0.475. The van der Waals surface area contributed by atoms with Crippen LogP contribution in [0.5, 0.6) is 0 Å². The number of para-hydroxylation sites is 1. The quantitative estimate of drug-likeness (QED) is 0.169. The van der Waals surface area contributed by atoms with Crippen LogP contribution in [-0.4, -0.2) is 9.97 Å². The lowest BCUT2D eigenvalue weighted by Gasteiger charge is -2.34. The molecule has 0 fully saturated rings. The van der Waals surface area contributed by atoms with Crippen LogP contribution < -0.4 is 0 Å². The second kappa shape index (κ2) is 13.6. The van der Waals surface area contributed by atoms with Crippen LogP contribution in [0.3, 0.4) is 0 Å². The molecule has 9 aromatic carbocycles. The van der Waals surface area contributed by atoms with Gasteiger partial charge >= 0.3 is 0 Å². The first-order valence-electron chi connectivity index (χ1n) is 20.5. The Morgan fingerprint density at radius 1 is 0.317 bits per heavy atom. The summed E-state index contributed by atoms with van der Waals surface area (Å²) in [7, 11) is 0. The lowest BCUT2D eigenvalue weighted by Crippen LogP contribution is -2.28. The van der Waals surface area contributed by atoms with Crippen LogP contribution in [0.2, 0.25) is 0 Å². The molecule has 0 spiro atoms. The van der Waals surface area contributed by atoms with E-state index in [-0.39, 0.29) is 0 Å². The number of rotatable bonds is 6. The predicted molar refractivity (Wildman–Crippen MR) is 246 cm³/mol. The van der Waals surface area contributed by atoms with E-state index in [0.29, 0.717) is 5.82 Å². The van der Waals surface area contributed by atoms with Gasteiger partial charge in [-0.2, -0.15) is 0 Å². The Morgan fingerprint density at radius 2 is 0.867 bits per heavy atom. The fourth-order valence-electron chi connectivity index (χ4n) is 9.72. The van der Waals surface area contributed by atoms with Gasteiger partial charge in [0.25, 0.3) is 0 Å². The first-order valence-corrected chi connectivity index (χ1v) is 20.5. The summed E-state index contributed by atoms with van der Waals surface area (Å²) in [6.07, 6.45) is 0. The highest BCUT2D eigenvalue weighted by atomic mass is 16.3. The van der Waals surface area contributed by atoms with Crippen molar-refractivity contribution in [3.63, 3.8) is 0 Å². The van der Waals surface area contributed by atoms with Gasteiger partial charge < -0.3 is 4.42 Å². The molecule has 280 valence electrons. The fraction of sp³-hybridized carbons (Fsp3) is 0.0175. The van der Waals surface area contributed by atoms with E-state index >= 15 is 0 Å². The summed E-state index contributed by atoms with van der Waals surface area (Å²) >= 11 is 0. The van der Waals surface area contributed by atoms with Crippen molar-refractivity contribution in [1.29, 1.82) is 0 Å². The Bertz CT molecular complexity index is 3380. The molecule has 0 radical (unpaired) electrons. The van der Waals surface area contributed by atoms with E-state index in [4.69, 9.17) is 14.4 Å². The summed E-state index contributed by atoms with van der Waals surface area (Å²) in [4.78, 5) is 10.5. The molecule has 3 nitrogen and oxygen atoms in total. The van der Waals surface area contributed by atoms with Crippen LogP contribution >= 0.6 is 0 Å². The molecule has 0 saturated carbocycles.